The Hall–Kier alpha value is -2.98. The van der Waals surface area contributed by atoms with Gasteiger partial charge in [-0.1, -0.05) is 72.8 Å². The van der Waals surface area contributed by atoms with Crippen LogP contribution in [0.4, 0.5) is 0 Å². The van der Waals surface area contributed by atoms with Crippen LogP contribution in [0.3, 0.4) is 0 Å². The molecule has 0 radical (unpaired) electrons. The summed E-state index contributed by atoms with van der Waals surface area (Å²) in [5.41, 5.74) is 3.41. The van der Waals surface area contributed by atoms with E-state index in [2.05, 4.69) is 71.6 Å². The van der Waals surface area contributed by atoms with Crippen LogP contribution >= 0.6 is 11.3 Å². The predicted molar refractivity (Wildman–Crippen MR) is 127 cm³/mol. The molecule has 1 amide bonds. The number of thiazole rings is 1. The maximum atomic E-state index is 13.7. The van der Waals surface area contributed by atoms with Crippen LogP contribution in [0.15, 0.2) is 84.9 Å². The van der Waals surface area contributed by atoms with Crippen LogP contribution in [0.25, 0.3) is 10.2 Å². The van der Waals surface area contributed by atoms with Crippen molar-refractivity contribution in [1.29, 1.82) is 0 Å². The lowest BCUT2D eigenvalue weighted by Gasteiger charge is -2.35. The third-order valence-electron chi connectivity index (χ3n) is 6.20. The first-order valence-corrected chi connectivity index (χ1v) is 11.9. The molecule has 0 saturated carbocycles. The molecule has 3 nitrogen and oxygen atoms in total. The molecule has 1 atom stereocenters. The number of aromatic nitrogens is 1. The normalized spacial score (nSPS) is 16.7. The summed E-state index contributed by atoms with van der Waals surface area (Å²) >= 11 is 1.73. The lowest BCUT2D eigenvalue weighted by molar-refractivity contribution is -0.135. The predicted octanol–water partition coefficient (Wildman–Crippen LogP) is 6.57. The van der Waals surface area contributed by atoms with Gasteiger partial charge < -0.3 is 4.90 Å². The number of rotatable bonds is 5. The number of para-hydroxylation sites is 1. The average molecular weight is 427 g/mol. The number of likely N-dealkylation sites (tertiary alicyclic amines) is 1. The summed E-state index contributed by atoms with van der Waals surface area (Å²) in [6, 6.07) is 29.2. The van der Waals surface area contributed by atoms with Crippen molar-refractivity contribution in [2.45, 2.75) is 37.6 Å². The number of hydrogen-bond donors (Lipinski definition) is 0. The first kappa shape index (κ1) is 20.0. The summed E-state index contributed by atoms with van der Waals surface area (Å²) < 4.78 is 1.20. The number of carbonyl (C=O) groups is 1. The Labute approximate surface area is 187 Å². The second kappa shape index (κ2) is 9.03. The molecule has 156 valence electrons. The third-order valence-corrected chi connectivity index (χ3v) is 7.34. The summed E-state index contributed by atoms with van der Waals surface area (Å²) in [4.78, 5) is 20.6. The second-order valence-corrected chi connectivity index (χ2v) is 9.26. The van der Waals surface area contributed by atoms with E-state index in [-0.39, 0.29) is 17.9 Å². The Kier molecular flexibility index (Phi) is 5.81. The van der Waals surface area contributed by atoms with Crippen molar-refractivity contribution in [3.8, 4) is 0 Å². The number of piperidine rings is 1. The summed E-state index contributed by atoms with van der Waals surface area (Å²) in [5, 5.41) is 1.07. The van der Waals surface area contributed by atoms with E-state index in [0.29, 0.717) is 6.42 Å². The number of carbonyl (C=O) groups excluding carboxylic acids is 1. The molecule has 1 aliphatic heterocycles. The van der Waals surface area contributed by atoms with Crippen molar-refractivity contribution in [1.82, 2.24) is 9.88 Å². The van der Waals surface area contributed by atoms with Crippen molar-refractivity contribution < 1.29 is 4.79 Å². The average Bonchev–Trinajstić information content (AvgIpc) is 3.28. The van der Waals surface area contributed by atoms with Crippen molar-refractivity contribution in [3.05, 3.63) is 101 Å². The van der Waals surface area contributed by atoms with E-state index in [1.807, 2.05) is 18.2 Å². The van der Waals surface area contributed by atoms with Gasteiger partial charge in [-0.05, 0) is 42.5 Å². The van der Waals surface area contributed by atoms with Crippen LogP contribution in [0.1, 0.15) is 53.8 Å². The van der Waals surface area contributed by atoms with Gasteiger partial charge in [0, 0.05) is 18.9 Å². The Morgan fingerprint density at radius 2 is 1.55 bits per heavy atom. The molecule has 3 aromatic carbocycles. The molecule has 0 N–H and O–H groups in total. The van der Waals surface area contributed by atoms with E-state index >= 15 is 0 Å². The molecule has 0 spiro atoms. The highest BCUT2D eigenvalue weighted by molar-refractivity contribution is 7.18. The van der Waals surface area contributed by atoms with Gasteiger partial charge in [0.15, 0.2) is 0 Å². The van der Waals surface area contributed by atoms with Gasteiger partial charge in [-0.2, -0.15) is 0 Å². The van der Waals surface area contributed by atoms with Crippen molar-refractivity contribution in [2.75, 3.05) is 6.54 Å². The Bertz CT molecular complexity index is 1080. The molecule has 1 unspecified atom stereocenters. The highest BCUT2D eigenvalue weighted by atomic mass is 32.1. The monoisotopic (exact) mass is 426 g/mol. The summed E-state index contributed by atoms with van der Waals surface area (Å²) in [6.45, 7) is 0.815. The highest BCUT2D eigenvalue weighted by Crippen LogP contribution is 2.37. The molecule has 4 aromatic rings. The molecule has 1 aromatic heterocycles. The van der Waals surface area contributed by atoms with Crippen LogP contribution in [0.2, 0.25) is 0 Å². The minimum absolute atomic E-state index is 0.0628. The van der Waals surface area contributed by atoms with E-state index in [4.69, 9.17) is 4.98 Å². The Morgan fingerprint density at radius 1 is 0.903 bits per heavy atom. The zero-order chi connectivity index (χ0) is 21.0. The van der Waals surface area contributed by atoms with Crippen molar-refractivity contribution in [2.24, 2.45) is 0 Å². The number of amides is 1. The largest absolute Gasteiger partial charge is 0.333 e. The summed E-state index contributed by atoms with van der Waals surface area (Å²) in [6.07, 6.45) is 3.68. The molecule has 31 heavy (non-hydrogen) atoms. The molecule has 1 saturated heterocycles. The Morgan fingerprint density at radius 3 is 2.23 bits per heavy atom. The number of nitrogens with zero attached hydrogens (tertiary/aromatic N) is 2. The summed E-state index contributed by atoms with van der Waals surface area (Å²) in [7, 11) is 0. The number of fused-ring (bicyclic) bond motifs is 1. The van der Waals surface area contributed by atoms with Crippen molar-refractivity contribution in [3.63, 3.8) is 0 Å². The lowest BCUT2D eigenvalue weighted by atomic mass is 9.87. The summed E-state index contributed by atoms with van der Waals surface area (Å²) in [5.74, 6) is 0.287. The molecule has 1 aliphatic rings. The smallest absolute Gasteiger partial charge is 0.224 e. The van der Waals surface area contributed by atoms with Crippen LogP contribution in [-0.4, -0.2) is 22.3 Å². The van der Waals surface area contributed by atoms with Gasteiger partial charge in [-0.15, -0.1) is 11.3 Å². The maximum Gasteiger partial charge on any atom is 0.224 e. The molecule has 2 heterocycles. The van der Waals surface area contributed by atoms with E-state index in [1.165, 1.54) is 15.8 Å². The highest BCUT2D eigenvalue weighted by Gasteiger charge is 2.32. The van der Waals surface area contributed by atoms with E-state index in [9.17, 15) is 4.79 Å². The fourth-order valence-corrected chi connectivity index (χ4v) is 5.73. The van der Waals surface area contributed by atoms with Gasteiger partial charge in [-0.3, -0.25) is 4.79 Å². The zero-order valence-corrected chi connectivity index (χ0v) is 18.3. The van der Waals surface area contributed by atoms with Crippen LogP contribution in [0.5, 0.6) is 0 Å². The topological polar surface area (TPSA) is 33.2 Å². The van der Waals surface area contributed by atoms with Crippen LogP contribution in [-0.2, 0) is 4.79 Å². The van der Waals surface area contributed by atoms with Gasteiger partial charge in [0.1, 0.15) is 5.01 Å². The third kappa shape index (κ3) is 4.26. The van der Waals surface area contributed by atoms with Crippen molar-refractivity contribution >= 4 is 27.5 Å². The van der Waals surface area contributed by atoms with E-state index in [1.54, 1.807) is 11.3 Å². The van der Waals surface area contributed by atoms with Gasteiger partial charge in [-0.25, -0.2) is 4.98 Å². The van der Waals surface area contributed by atoms with Crippen LogP contribution < -0.4 is 0 Å². The van der Waals surface area contributed by atoms with Crippen LogP contribution in [0, 0.1) is 0 Å². The SMILES string of the molecule is O=C(CC(c1ccccc1)c1ccccc1)N1CCCCC1c1nc2ccccc2s1. The zero-order valence-electron chi connectivity index (χ0n) is 17.5. The molecule has 5 rings (SSSR count). The fourth-order valence-electron chi connectivity index (χ4n) is 4.61. The second-order valence-electron chi connectivity index (χ2n) is 8.20. The first-order valence-electron chi connectivity index (χ1n) is 11.0. The molecular weight excluding hydrogens is 400 g/mol. The number of hydrogen-bond acceptors (Lipinski definition) is 3. The first-order chi connectivity index (χ1) is 15.3. The molecule has 1 fully saturated rings. The number of benzene rings is 3. The quantitative estimate of drug-likeness (QED) is 0.361. The van der Waals surface area contributed by atoms with E-state index in [0.717, 1.165) is 36.3 Å². The molecule has 4 heteroatoms. The Balaban J connectivity index is 1.43. The molecular formula is C27H26N2OS. The van der Waals surface area contributed by atoms with Gasteiger partial charge in [0.05, 0.1) is 16.3 Å². The lowest BCUT2D eigenvalue weighted by Crippen LogP contribution is -2.39. The molecule has 0 aliphatic carbocycles. The van der Waals surface area contributed by atoms with Gasteiger partial charge in [0.2, 0.25) is 5.91 Å². The van der Waals surface area contributed by atoms with Gasteiger partial charge >= 0.3 is 0 Å². The molecule has 0 bridgehead atoms. The van der Waals surface area contributed by atoms with Gasteiger partial charge in [0.25, 0.3) is 0 Å². The minimum atomic E-state index is 0.0628. The standard InChI is InChI=1S/C27H26N2OS/c30-26(19-22(20-11-3-1-4-12-20)21-13-5-2-6-14-21)29-18-10-9-16-24(29)27-28-23-15-7-8-17-25(23)31-27/h1-8,11-15,17,22,24H,9-10,16,18-19H2. The van der Waals surface area contributed by atoms with E-state index < -0.39 is 0 Å². The fraction of sp³-hybridized carbons (Fsp3) is 0.259. The minimum Gasteiger partial charge on any atom is -0.333 e. The maximum absolute atomic E-state index is 13.7.